The lowest BCUT2D eigenvalue weighted by atomic mass is 10.2. The van der Waals surface area contributed by atoms with Gasteiger partial charge in [-0.05, 0) is 5.56 Å². The number of rotatable bonds is 2. The van der Waals surface area contributed by atoms with Crippen molar-refractivity contribution in [2.24, 2.45) is 0 Å². The van der Waals surface area contributed by atoms with E-state index in [0.717, 1.165) is 15.6 Å². The summed E-state index contributed by atoms with van der Waals surface area (Å²) in [7, 11) is 3.82. The lowest BCUT2D eigenvalue weighted by Crippen LogP contribution is -2.07. The maximum atomic E-state index is 9.71. The van der Waals surface area contributed by atoms with Gasteiger partial charge in [0.05, 0.1) is 4.88 Å². The van der Waals surface area contributed by atoms with Crippen LogP contribution in [0.15, 0.2) is 30.3 Å². The highest BCUT2D eigenvalue weighted by molar-refractivity contribution is 7.19. The molecule has 0 spiro atoms. The van der Waals surface area contributed by atoms with Crippen molar-refractivity contribution in [3.05, 3.63) is 30.3 Å². The minimum atomic E-state index is 0.106. The van der Waals surface area contributed by atoms with E-state index >= 15 is 0 Å². The van der Waals surface area contributed by atoms with Gasteiger partial charge >= 0.3 is 0 Å². The quantitative estimate of drug-likeness (QED) is 0.845. The van der Waals surface area contributed by atoms with Gasteiger partial charge in [-0.2, -0.15) is 4.98 Å². The second-order valence-corrected chi connectivity index (χ2v) is 4.39. The number of benzene rings is 1. The molecule has 1 heterocycles. The summed E-state index contributed by atoms with van der Waals surface area (Å²) in [5, 5.41) is 10.5. The zero-order chi connectivity index (χ0) is 10.8. The molecule has 0 aliphatic carbocycles. The summed E-state index contributed by atoms with van der Waals surface area (Å²) in [6, 6.07) is 9.78. The van der Waals surface area contributed by atoms with E-state index in [9.17, 15) is 5.11 Å². The zero-order valence-corrected chi connectivity index (χ0v) is 9.45. The van der Waals surface area contributed by atoms with Gasteiger partial charge in [-0.3, -0.25) is 0 Å². The molecule has 15 heavy (non-hydrogen) atoms. The van der Waals surface area contributed by atoms with Gasteiger partial charge in [0.15, 0.2) is 5.13 Å². The van der Waals surface area contributed by atoms with Crippen molar-refractivity contribution in [3.8, 4) is 16.3 Å². The molecule has 0 aliphatic heterocycles. The maximum Gasteiger partial charge on any atom is 0.232 e. The predicted octanol–water partition coefficient (Wildman–Crippen LogP) is 2.58. The summed E-state index contributed by atoms with van der Waals surface area (Å²) in [6.07, 6.45) is 0. The molecular formula is C11H12N2OS. The first-order valence-corrected chi connectivity index (χ1v) is 5.42. The fourth-order valence-electron chi connectivity index (χ4n) is 1.27. The van der Waals surface area contributed by atoms with Crippen LogP contribution in [0, 0.1) is 0 Å². The van der Waals surface area contributed by atoms with Crippen LogP contribution in [0.25, 0.3) is 10.4 Å². The third-order valence-electron chi connectivity index (χ3n) is 2.02. The highest BCUT2D eigenvalue weighted by atomic mass is 32.1. The molecule has 0 bridgehead atoms. The maximum absolute atomic E-state index is 9.71. The number of nitrogens with zero attached hydrogens (tertiary/aromatic N) is 2. The topological polar surface area (TPSA) is 36.4 Å². The van der Waals surface area contributed by atoms with Crippen LogP contribution < -0.4 is 4.90 Å². The van der Waals surface area contributed by atoms with E-state index in [2.05, 4.69) is 4.98 Å². The molecule has 0 amide bonds. The molecule has 0 radical (unpaired) electrons. The first kappa shape index (κ1) is 9.98. The highest BCUT2D eigenvalue weighted by Crippen LogP contribution is 2.37. The largest absolute Gasteiger partial charge is 0.492 e. The number of aromatic hydroxyl groups is 1. The number of thiazole rings is 1. The van der Waals surface area contributed by atoms with Gasteiger partial charge in [0.1, 0.15) is 0 Å². The number of aromatic nitrogens is 1. The van der Waals surface area contributed by atoms with Crippen molar-refractivity contribution in [2.45, 2.75) is 0 Å². The van der Waals surface area contributed by atoms with E-state index in [4.69, 9.17) is 0 Å². The monoisotopic (exact) mass is 220 g/mol. The van der Waals surface area contributed by atoms with Crippen molar-refractivity contribution < 1.29 is 5.11 Å². The summed E-state index contributed by atoms with van der Waals surface area (Å²) >= 11 is 1.49. The Bertz CT molecular complexity index is 451. The van der Waals surface area contributed by atoms with E-state index in [1.54, 1.807) is 0 Å². The molecule has 0 unspecified atom stereocenters. The van der Waals surface area contributed by atoms with Crippen LogP contribution in [0.1, 0.15) is 0 Å². The Kier molecular flexibility index (Phi) is 2.60. The average molecular weight is 220 g/mol. The fourth-order valence-corrected chi connectivity index (χ4v) is 2.16. The summed E-state index contributed by atoms with van der Waals surface area (Å²) in [6.45, 7) is 0. The molecule has 0 saturated carbocycles. The van der Waals surface area contributed by atoms with Crippen molar-refractivity contribution in [3.63, 3.8) is 0 Å². The number of anilines is 1. The van der Waals surface area contributed by atoms with Crippen LogP contribution in [0.4, 0.5) is 5.13 Å². The lowest BCUT2D eigenvalue weighted by Gasteiger charge is -2.04. The number of hydrogen-bond donors (Lipinski definition) is 1. The Hall–Kier alpha value is -1.55. The molecule has 3 nitrogen and oxygen atoms in total. The Morgan fingerprint density at radius 2 is 1.87 bits per heavy atom. The second kappa shape index (κ2) is 3.90. The van der Waals surface area contributed by atoms with Crippen LogP contribution in [-0.2, 0) is 0 Å². The molecule has 1 aromatic heterocycles. The molecule has 78 valence electrons. The minimum absolute atomic E-state index is 0.106. The van der Waals surface area contributed by atoms with Gasteiger partial charge in [0.25, 0.3) is 0 Å². The summed E-state index contributed by atoms with van der Waals surface area (Å²) in [5.74, 6) is 0.106. The zero-order valence-electron chi connectivity index (χ0n) is 8.64. The molecule has 2 aromatic rings. The third-order valence-corrected chi connectivity index (χ3v) is 3.28. The molecule has 0 saturated heterocycles. The summed E-state index contributed by atoms with van der Waals surface area (Å²) in [5.41, 5.74) is 1.00. The highest BCUT2D eigenvalue weighted by Gasteiger charge is 2.12. The van der Waals surface area contributed by atoms with Crippen molar-refractivity contribution >= 4 is 16.5 Å². The second-order valence-electron chi connectivity index (χ2n) is 3.41. The molecule has 0 fully saturated rings. The Morgan fingerprint density at radius 3 is 2.40 bits per heavy atom. The first-order chi connectivity index (χ1) is 7.18. The van der Waals surface area contributed by atoms with Crippen LogP contribution >= 0.6 is 11.3 Å². The van der Waals surface area contributed by atoms with Crippen LogP contribution in [0.2, 0.25) is 0 Å². The Balaban J connectivity index is 2.45. The van der Waals surface area contributed by atoms with E-state index in [0.29, 0.717) is 0 Å². The van der Waals surface area contributed by atoms with Crippen molar-refractivity contribution in [1.82, 2.24) is 4.98 Å². The van der Waals surface area contributed by atoms with Crippen LogP contribution in [-0.4, -0.2) is 24.2 Å². The molecule has 4 heteroatoms. The van der Waals surface area contributed by atoms with E-state index in [1.165, 1.54) is 11.3 Å². The van der Waals surface area contributed by atoms with E-state index in [-0.39, 0.29) is 5.88 Å². The van der Waals surface area contributed by atoms with Crippen molar-refractivity contribution in [2.75, 3.05) is 19.0 Å². The van der Waals surface area contributed by atoms with Gasteiger partial charge in [-0.25, -0.2) is 0 Å². The molecule has 1 aromatic carbocycles. The molecular weight excluding hydrogens is 208 g/mol. The molecule has 0 atom stereocenters. The van der Waals surface area contributed by atoms with Crippen molar-refractivity contribution in [1.29, 1.82) is 0 Å². The lowest BCUT2D eigenvalue weighted by molar-refractivity contribution is 0.459. The summed E-state index contributed by atoms with van der Waals surface area (Å²) < 4.78 is 0. The minimum Gasteiger partial charge on any atom is -0.492 e. The average Bonchev–Trinajstić information content (AvgIpc) is 2.62. The van der Waals surface area contributed by atoms with Gasteiger partial charge in [-0.1, -0.05) is 41.7 Å². The van der Waals surface area contributed by atoms with Gasteiger partial charge in [0.2, 0.25) is 5.88 Å². The molecule has 0 aliphatic rings. The standard InChI is InChI=1S/C11H12N2OS/c1-13(2)11-12-10(14)9(15-11)8-6-4-3-5-7-8/h3-7,14H,1-2H3. The molecule has 2 rings (SSSR count). The van der Waals surface area contributed by atoms with Gasteiger partial charge in [0, 0.05) is 14.1 Å². The Morgan fingerprint density at radius 1 is 1.20 bits per heavy atom. The van der Waals surface area contributed by atoms with Gasteiger partial charge < -0.3 is 10.0 Å². The first-order valence-electron chi connectivity index (χ1n) is 4.61. The SMILES string of the molecule is CN(C)c1nc(O)c(-c2ccccc2)s1. The van der Waals surface area contributed by atoms with E-state index < -0.39 is 0 Å². The fraction of sp³-hybridized carbons (Fsp3) is 0.182. The normalized spacial score (nSPS) is 10.3. The van der Waals surface area contributed by atoms with Gasteiger partial charge in [-0.15, -0.1) is 0 Å². The summed E-state index contributed by atoms with van der Waals surface area (Å²) in [4.78, 5) is 6.79. The van der Waals surface area contributed by atoms with Crippen LogP contribution in [0.3, 0.4) is 0 Å². The third kappa shape index (κ3) is 1.94. The van der Waals surface area contributed by atoms with E-state index in [1.807, 2.05) is 49.3 Å². The molecule has 1 N–H and O–H groups in total. The Labute approximate surface area is 92.6 Å². The smallest absolute Gasteiger partial charge is 0.232 e. The number of hydrogen-bond acceptors (Lipinski definition) is 4. The van der Waals surface area contributed by atoms with Crippen LogP contribution in [0.5, 0.6) is 5.88 Å². The predicted molar refractivity (Wildman–Crippen MR) is 63.5 cm³/mol.